The molecule has 0 aromatic heterocycles. The molecule has 1 saturated heterocycles. The van der Waals surface area contributed by atoms with Crippen molar-refractivity contribution in [3.8, 4) is 5.75 Å². The number of fused-ring (bicyclic) bond motifs is 6. The van der Waals surface area contributed by atoms with Gasteiger partial charge in [-0.25, -0.2) is 0 Å². The molecule has 29 heavy (non-hydrogen) atoms. The van der Waals surface area contributed by atoms with Crippen LogP contribution in [0.5, 0.6) is 5.75 Å². The van der Waals surface area contributed by atoms with Gasteiger partial charge >= 0.3 is 0 Å². The van der Waals surface area contributed by atoms with Crippen LogP contribution in [0, 0.1) is 22.7 Å². The highest BCUT2D eigenvalue weighted by molar-refractivity contribution is 5.89. The van der Waals surface area contributed by atoms with Crippen LogP contribution in [0.3, 0.4) is 0 Å². The van der Waals surface area contributed by atoms with Crippen LogP contribution in [0.2, 0.25) is 0 Å². The predicted molar refractivity (Wildman–Crippen MR) is 111 cm³/mol. The Hall–Kier alpha value is -1.39. The maximum Gasteiger partial charge on any atom is 0.174 e. The summed E-state index contributed by atoms with van der Waals surface area (Å²) >= 11 is 0. The van der Waals surface area contributed by atoms with Crippen LogP contribution in [0.25, 0.3) is 0 Å². The number of ether oxygens (including phenoxy) is 3. The normalized spacial score (nSPS) is 37.0. The lowest BCUT2D eigenvalue weighted by atomic mass is 9.52. The zero-order valence-corrected chi connectivity index (χ0v) is 18.3. The molecule has 3 fully saturated rings. The van der Waals surface area contributed by atoms with Crippen LogP contribution in [0.4, 0.5) is 0 Å². The number of rotatable bonds is 2. The summed E-state index contributed by atoms with van der Waals surface area (Å²) in [5.41, 5.74) is 2.40. The molecular formula is C25H34O4. The van der Waals surface area contributed by atoms with Gasteiger partial charge in [0.2, 0.25) is 0 Å². The average Bonchev–Trinajstić information content (AvgIpc) is 3.04. The highest BCUT2D eigenvalue weighted by Crippen LogP contribution is 2.67. The monoisotopic (exact) mass is 398 g/mol. The van der Waals surface area contributed by atoms with Crippen LogP contribution in [-0.4, -0.2) is 31.9 Å². The Kier molecular flexibility index (Phi) is 4.42. The molecule has 1 spiro atoms. The number of methoxy groups -OCH3 is 1. The fourth-order valence-electron chi connectivity index (χ4n) is 7.05. The zero-order chi connectivity index (χ0) is 20.4. The molecule has 3 unspecified atom stereocenters. The number of hydrogen-bond acceptors (Lipinski definition) is 4. The van der Waals surface area contributed by atoms with Gasteiger partial charge in [0.05, 0.1) is 20.3 Å². The van der Waals surface area contributed by atoms with E-state index in [1.54, 1.807) is 7.11 Å². The van der Waals surface area contributed by atoms with E-state index < -0.39 is 5.79 Å². The van der Waals surface area contributed by atoms with Crippen LogP contribution < -0.4 is 4.74 Å². The highest BCUT2D eigenvalue weighted by atomic mass is 16.7. The molecule has 5 rings (SSSR count). The summed E-state index contributed by atoms with van der Waals surface area (Å²) in [5, 5.41) is 0. The van der Waals surface area contributed by atoms with Crippen molar-refractivity contribution in [2.75, 3.05) is 20.3 Å². The standard InChI is InChI=1S/C25H34O4/c1-5-24-13-21(26)22-18-9-7-17(27-4)12-16(18)6-8-19(22)20(24)10-11-25(24)28-14-23(2,3)15-29-25/h7,9,12,19-20,22H,5-6,8,10-11,13-15H2,1-4H3/t19?,20?,22?,24-/m0/s1. The molecule has 1 heterocycles. The van der Waals surface area contributed by atoms with Crippen molar-refractivity contribution in [1.29, 1.82) is 0 Å². The Balaban J connectivity index is 1.52. The predicted octanol–water partition coefficient (Wildman–Crippen LogP) is 4.89. The van der Waals surface area contributed by atoms with Gasteiger partial charge in [-0.1, -0.05) is 26.8 Å². The summed E-state index contributed by atoms with van der Waals surface area (Å²) in [5.74, 6) is 1.63. The van der Waals surface area contributed by atoms with Gasteiger partial charge in [-0.3, -0.25) is 4.79 Å². The number of carbonyl (C=O) groups is 1. The van der Waals surface area contributed by atoms with Crippen molar-refractivity contribution in [3.63, 3.8) is 0 Å². The molecule has 1 aromatic rings. The summed E-state index contributed by atoms with van der Waals surface area (Å²) in [6, 6.07) is 6.29. The van der Waals surface area contributed by atoms with Crippen molar-refractivity contribution in [3.05, 3.63) is 29.3 Å². The van der Waals surface area contributed by atoms with Crippen LogP contribution in [-0.2, 0) is 20.7 Å². The van der Waals surface area contributed by atoms with E-state index in [2.05, 4.69) is 32.9 Å². The maximum atomic E-state index is 13.7. The number of hydrogen-bond donors (Lipinski definition) is 0. The molecule has 1 aromatic carbocycles. The smallest absolute Gasteiger partial charge is 0.174 e. The fourth-order valence-corrected chi connectivity index (χ4v) is 7.05. The van der Waals surface area contributed by atoms with E-state index in [4.69, 9.17) is 14.2 Å². The van der Waals surface area contributed by atoms with Gasteiger partial charge in [0.1, 0.15) is 11.5 Å². The van der Waals surface area contributed by atoms with Crippen molar-refractivity contribution in [2.45, 2.75) is 71.0 Å². The van der Waals surface area contributed by atoms with E-state index in [1.165, 1.54) is 11.1 Å². The van der Waals surface area contributed by atoms with Crippen LogP contribution >= 0.6 is 0 Å². The van der Waals surface area contributed by atoms with Gasteiger partial charge in [0.25, 0.3) is 0 Å². The molecule has 4 nitrogen and oxygen atoms in total. The molecule has 1 aliphatic heterocycles. The van der Waals surface area contributed by atoms with Gasteiger partial charge in [-0.15, -0.1) is 0 Å². The van der Waals surface area contributed by atoms with Gasteiger partial charge < -0.3 is 14.2 Å². The molecule has 4 aliphatic rings. The molecule has 2 saturated carbocycles. The van der Waals surface area contributed by atoms with Gasteiger partial charge in [-0.05, 0) is 60.8 Å². The lowest BCUT2D eigenvalue weighted by molar-refractivity contribution is -0.346. The Morgan fingerprint density at radius 1 is 1.17 bits per heavy atom. The summed E-state index contributed by atoms with van der Waals surface area (Å²) in [6.07, 6.45) is 5.66. The lowest BCUT2D eigenvalue weighted by Crippen LogP contribution is -2.60. The zero-order valence-electron chi connectivity index (χ0n) is 18.3. The van der Waals surface area contributed by atoms with Gasteiger partial charge in [0, 0.05) is 29.6 Å². The van der Waals surface area contributed by atoms with E-state index in [0.717, 1.165) is 37.9 Å². The third-order valence-corrected chi connectivity index (χ3v) is 8.49. The maximum absolute atomic E-state index is 13.7. The quantitative estimate of drug-likeness (QED) is 0.711. The summed E-state index contributed by atoms with van der Waals surface area (Å²) in [4.78, 5) is 13.7. The SMILES string of the molecule is CC[C@]12CC(=O)C3c4ccc(OC)cc4CCC3C1CCC21OCC(C)(C)CO1. The van der Waals surface area contributed by atoms with E-state index in [9.17, 15) is 4.79 Å². The topological polar surface area (TPSA) is 44.8 Å². The van der Waals surface area contributed by atoms with Crippen LogP contribution in [0.15, 0.2) is 18.2 Å². The van der Waals surface area contributed by atoms with Gasteiger partial charge in [0.15, 0.2) is 5.79 Å². The number of Topliss-reactive ketones (excluding diaryl/α,β-unsaturated/α-hetero) is 1. The number of aryl methyl sites for hydroxylation is 1. The Bertz CT molecular complexity index is 818. The summed E-state index contributed by atoms with van der Waals surface area (Å²) in [7, 11) is 1.71. The molecule has 0 bridgehead atoms. The molecule has 158 valence electrons. The molecule has 3 aliphatic carbocycles. The largest absolute Gasteiger partial charge is 0.497 e. The first-order valence-electron chi connectivity index (χ1n) is 11.3. The lowest BCUT2D eigenvalue weighted by Gasteiger charge is -2.56. The fraction of sp³-hybridized carbons (Fsp3) is 0.720. The molecule has 0 radical (unpaired) electrons. The van der Waals surface area contributed by atoms with E-state index >= 15 is 0 Å². The molecule has 0 N–H and O–H groups in total. The molecule has 0 amide bonds. The Morgan fingerprint density at radius 2 is 1.93 bits per heavy atom. The molecule has 4 heteroatoms. The van der Waals surface area contributed by atoms with Gasteiger partial charge in [-0.2, -0.15) is 0 Å². The molecular weight excluding hydrogens is 364 g/mol. The summed E-state index contributed by atoms with van der Waals surface area (Å²) < 4.78 is 18.5. The minimum atomic E-state index is -0.567. The van der Waals surface area contributed by atoms with Crippen molar-refractivity contribution in [2.24, 2.45) is 22.7 Å². The molecule has 4 atom stereocenters. The minimum Gasteiger partial charge on any atom is -0.497 e. The second kappa shape index (κ2) is 6.55. The van der Waals surface area contributed by atoms with Crippen molar-refractivity contribution in [1.82, 2.24) is 0 Å². The number of benzene rings is 1. The Labute approximate surface area is 174 Å². The van der Waals surface area contributed by atoms with Crippen molar-refractivity contribution >= 4 is 5.78 Å². The third kappa shape index (κ3) is 2.68. The second-order valence-electron chi connectivity index (χ2n) is 10.5. The minimum absolute atomic E-state index is 0.0320. The van der Waals surface area contributed by atoms with E-state index in [1.807, 2.05) is 6.07 Å². The second-order valence-corrected chi connectivity index (χ2v) is 10.5. The highest BCUT2D eigenvalue weighted by Gasteiger charge is 2.68. The first kappa shape index (κ1) is 19.6. The summed E-state index contributed by atoms with van der Waals surface area (Å²) in [6.45, 7) is 8.05. The van der Waals surface area contributed by atoms with E-state index in [0.29, 0.717) is 37.3 Å². The van der Waals surface area contributed by atoms with Crippen molar-refractivity contribution < 1.29 is 19.0 Å². The average molecular weight is 399 g/mol. The Morgan fingerprint density at radius 3 is 2.62 bits per heavy atom. The first-order chi connectivity index (χ1) is 13.8. The first-order valence-corrected chi connectivity index (χ1v) is 11.3. The number of carbonyl (C=O) groups excluding carboxylic acids is 1. The van der Waals surface area contributed by atoms with Crippen LogP contribution in [0.1, 0.15) is 69.9 Å². The van der Waals surface area contributed by atoms with E-state index in [-0.39, 0.29) is 16.7 Å². The number of ketones is 1. The third-order valence-electron chi connectivity index (χ3n) is 8.49.